The van der Waals surface area contributed by atoms with E-state index in [1.54, 1.807) is 12.0 Å². The van der Waals surface area contributed by atoms with Crippen LogP contribution in [0.5, 0.6) is 0 Å². The highest BCUT2D eigenvalue weighted by molar-refractivity contribution is 5.94. The third-order valence-electron chi connectivity index (χ3n) is 2.64. The van der Waals surface area contributed by atoms with Gasteiger partial charge >= 0.3 is 0 Å². The number of nitrogens with zero attached hydrogens (tertiary/aromatic N) is 1. The van der Waals surface area contributed by atoms with Crippen LogP contribution in [-0.4, -0.2) is 49.6 Å². The fourth-order valence-corrected chi connectivity index (χ4v) is 1.85. The molecule has 92 valence electrons. The van der Waals surface area contributed by atoms with Crippen LogP contribution in [0.1, 0.15) is 20.3 Å². The lowest BCUT2D eigenvalue weighted by atomic mass is 10.00. The summed E-state index contributed by atoms with van der Waals surface area (Å²) in [6.45, 7) is 5.15. The molecular formula is C11H20N2O3. The van der Waals surface area contributed by atoms with Gasteiger partial charge in [-0.25, -0.2) is 0 Å². The van der Waals surface area contributed by atoms with Crippen LogP contribution in [0, 0.1) is 5.92 Å². The molecule has 0 bridgehead atoms. The number of rotatable bonds is 5. The third kappa shape index (κ3) is 3.20. The number of methoxy groups -OCH3 is 1. The second-order valence-corrected chi connectivity index (χ2v) is 4.44. The fraction of sp³-hybridized carbons (Fsp3) is 0.818. The molecule has 1 N–H and O–H groups in total. The molecule has 5 heteroatoms. The largest absolute Gasteiger partial charge is 0.383 e. The first-order valence-electron chi connectivity index (χ1n) is 5.62. The minimum absolute atomic E-state index is 0.0256. The van der Waals surface area contributed by atoms with Crippen LogP contribution in [0.15, 0.2) is 0 Å². The Morgan fingerprint density at radius 3 is 2.75 bits per heavy atom. The van der Waals surface area contributed by atoms with Crippen molar-refractivity contribution in [3.05, 3.63) is 0 Å². The van der Waals surface area contributed by atoms with Crippen LogP contribution >= 0.6 is 0 Å². The summed E-state index contributed by atoms with van der Waals surface area (Å²) >= 11 is 0. The highest BCUT2D eigenvalue weighted by Gasteiger charge is 2.34. The molecule has 0 spiro atoms. The predicted octanol–water partition coefficient (Wildman–Crippen LogP) is 0.00590. The van der Waals surface area contributed by atoms with Crippen molar-refractivity contribution < 1.29 is 14.3 Å². The SMILES string of the molecule is COCCN1C(=O)CNC(=O)C1CC(C)C. The number of ether oxygens (including phenoxy) is 1. The normalized spacial score (nSPS) is 21.5. The van der Waals surface area contributed by atoms with Crippen molar-refractivity contribution in [2.45, 2.75) is 26.3 Å². The van der Waals surface area contributed by atoms with Crippen LogP contribution in [0.2, 0.25) is 0 Å². The number of nitrogens with one attached hydrogen (secondary N) is 1. The van der Waals surface area contributed by atoms with E-state index in [2.05, 4.69) is 5.32 Å². The van der Waals surface area contributed by atoms with Crippen LogP contribution in [0.3, 0.4) is 0 Å². The molecule has 1 rings (SSSR count). The Labute approximate surface area is 96.1 Å². The van der Waals surface area contributed by atoms with E-state index in [4.69, 9.17) is 4.74 Å². The summed E-state index contributed by atoms with van der Waals surface area (Å²) in [7, 11) is 1.59. The van der Waals surface area contributed by atoms with E-state index in [0.29, 0.717) is 25.5 Å². The monoisotopic (exact) mass is 228 g/mol. The van der Waals surface area contributed by atoms with Gasteiger partial charge in [-0.2, -0.15) is 0 Å². The van der Waals surface area contributed by atoms with Crippen molar-refractivity contribution in [1.82, 2.24) is 10.2 Å². The molecule has 0 aromatic heterocycles. The summed E-state index contributed by atoms with van der Waals surface area (Å²) < 4.78 is 4.96. The van der Waals surface area contributed by atoms with Crippen molar-refractivity contribution >= 4 is 11.8 Å². The van der Waals surface area contributed by atoms with Gasteiger partial charge in [0, 0.05) is 13.7 Å². The van der Waals surface area contributed by atoms with Crippen molar-refractivity contribution in [2.24, 2.45) is 5.92 Å². The number of carbonyl (C=O) groups is 2. The van der Waals surface area contributed by atoms with Crippen LogP contribution < -0.4 is 5.32 Å². The number of hydrogen-bond donors (Lipinski definition) is 1. The van der Waals surface area contributed by atoms with Crippen LogP contribution in [0.25, 0.3) is 0 Å². The van der Waals surface area contributed by atoms with E-state index in [1.165, 1.54) is 0 Å². The third-order valence-corrected chi connectivity index (χ3v) is 2.64. The number of carbonyl (C=O) groups excluding carboxylic acids is 2. The second kappa shape index (κ2) is 5.84. The first-order chi connectivity index (χ1) is 7.56. The van der Waals surface area contributed by atoms with Gasteiger partial charge in [-0.05, 0) is 12.3 Å². The molecule has 5 nitrogen and oxygen atoms in total. The minimum Gasteiger partial charge on any atom is -0.383 e. The minimum atomic E-state index is -0.337. The molecule has 2 amide bonds. The Kier molecular flexibility index (Phi) is 4.73. The van der Waals surface area contributed by atoms with Gasteiger partial charge in [0.1, 0.15) is 6.04 Å². The van der Waals surface area contributed by atoms with Gasteiger partial charge in [-0.1, -0.05) is 13.8 Å². The summed E-state index contributed by atoms with van der Waals surface area (Å²) in [5, 5.41) is 2.62. The van der Waals surface area contributed by atoms with E-state index in [-0.39, 0.29) is 24.4 Å². The zero-order valence-electron chi connectivity index (χ0n) is 10.2. The molecule has 1 heterocycles. The van der Waals surface area contributed by atoms with E-state index < -0.39 is 0 Å². The molecular weight excluding hydrogens is 208 g/mol. The second-order valence-electron chi connectivity index (χ2n) is 4.44. The zero-order chi connectivity index (χ0) is 12.1. The van der Waals surface area contributed by atoms with Crippen molar-refractivity contribution in [2.75, 3.05) is 26.8 Å². The van der Waals surface area contributed by atoms with Gasteiger partial charge in [0.05, 0.1) is 13.2 Å². The van der Waals surface area contributed by atoms with Crippen molar-refractivity contribution in [1.29, 1.82) is 0 Å². The van der Waals surface area contributed by atoms with Gasteiger partial charge in [0.15, 0.2) is 0 Å². The highest BCUT2D eigenvalue weighted by atomic mass is 16.5. The molecule has 1 fully saturated rings. The predicted molar refractivity (Wildman–Crippen MR) is 59.8 cm³/mol. The number of piperazine rings is 1. The molecule has 0 aromatic carbocycles. The smallest absolute Gasteiger partial charge is 0.243 e. The summed E-state index contributed by atoms with van der Waals surface area (Å²) in [6, 6.07) is -0.337. The van der Waals surface area contributed by atoms with Crippen LogP contribution in [-0.2, 0) is 14.3 Å². The molecule has 1 unspecified atom stereocenters. The highest BCUT2D eigenvalue weighted by Crippen LogP contribution is 2.14. The molecule has 0 radical (unpaired) electrons. The Morgan fingerprint density at radius 1 is 1.50 bits per heavy atom. The molecule has 0 aromatic rings. The van der Waals surface area contributed by atoms with E-state index in [0.717, 1.165) is 0 Å². The van der Waals surface area contributed by atoms with Gasteiger partial charge in [-0.3, -0.25) is 9.59 Å². The maximum absolute atomic E-state index is 11.7. The van der Waals surface area contributed by atoms with Crippen LogP contribution in [0.4, 0.5) is 0 Å². The Balaban J connectivity index is 2.69. The van der Waals surface area contributed by atoms with Gasteiger partial charge in [0.2, 0.25) is 11.8 Å². The summed E-state index contributed by atoms with van der Waals surface area (Å²) in [6.07, 6.45) is 0.696. The van der Waals surface area contributed by atoms with Crippen molar-refractivity contribution in [3.8, 4) is 0 Å². The molecule has 1 atom stereocenters. The first-order valence-corrected chi connectivity index (χ1v) is 5.62. The summed E-state index contributed by atoms with van der Waals surface area (Å²) in [4.78, 5) is 25.0. The summed E-state index contributed by atoms with van der Waals surface area (Å²) in [5.74, 6) is 0.304. The van der Waals surface area contributed by atoms with Gasteiger partial charge in [-0.15, -0.1) is 0 Å². The topological polar surface area (TPSA) is 58.6 Å². The van der Waals surface area contributed by atoms with E-state index >= 15 is 0 Å². The van der Waals surface area contributed by atoms with E-state index in [1.807, 2.05) is 13.8 Å². The Hall–Kier alpha value is -1.10. The van der Waals surface area contributed by atoms with Gasteiger partial charge < -0.3 is 15.0 Å². The molecule has 0 aliphatic carbocycles. The maximum Gasteiger partial charge on any atom is 0.243 e. The Morgan fingerprint density at radius 2 is 2.19 bits per heavy atom. The molecule has 1 saturated heterocycles. The lowest BCUT2D eigenvalue weighted by Crippen LogP contribution is -2.59. The maximum atomic E-state index is 11.7. The molecule has 0 saturated carbocycles. The standard InChI is InChI=1S/C11H20N2O3/c1-8(2)6-9-11(15)12-7-10(14)13(9)4-5-16-3/h8-9H,4-7H2,1-3H3,(H,12,15). The fourth-order valence-electron chi connectivity index (χ4n) is 1.85. The average molecular weight is 228 g/mol. The lowest BCUT2D eigenvalue weighted by molar-refractivity contribution is -0.146. The van der Waals surface area contributed by atoms with E-state index in [9.17, 15) is 9.59 Å². The quantitative estimate of drug-likeness (QED) is 0.721. The number of hydrogen-bond acceptors (Lipinski definition) is 3. The van der Waals surface area contributed by atoms with Crippen molar-refractivity contribution in [3.63, 3.8) is 0 Å². The first kappa shape index (κ1) is 13.0. The number of amides is 2. The van der Waals surface area contributed by atoms with Gasteiger partial charge in [0.25, 0.3) is 0 Å². The molecule has 16 heavy (non-hydrogen) atoms. The molecule has 1 aliphatic heterocycles. The average Bonchev–Trinajstić information content (AvgIpc) is 2.22. The summed E-state index contributed by atoms with van der Waals surface area (Å²) in [5.41, 5.74) is 0. The molecule has 1 aliphatic rings. The lowest BCUT2D eigenvalue weighted by Gasteiger charge is -2.35. The zero-order valence-corrected chi connectivity index (χ0v) is 10.2. The Bertz CT molecular complexity index is 266.